The summed E-state index contributed by atoms with van der Waals surface area (Å²) in [5, 5.41) is 10.9. The number of para-hydroxylation sites is 1. The smallest absolute Gasteiger partial charge is 0.249 e. The van der Waals surface area contributed by atoms with E-state index in [0.717, 1.165) is 0 Å². The summed E-state index contributed by atoms with van der Waals surface area (Å²) in [5.41, 5.74) is 1.69. The van der Waals surface area contributed by atoms with Gasteiger partial charge in [-0.15, -0.1) is 5.10 Å². The van der Waals surface area contributed by atoms with Crippen molar-refractivity contribution in [3.05, 3.63) is 84.4 Å². The molecule has 4 rings (SSSR count). The van der Waals surface area contributed by atoms with Crippen LogP contribution in [0.15, 0.2) is 73.1 Å². The number of pyridine rings is 1. The van der Waals surface area contributed by atoms with Crippen molar-refractivity contribution >= 4 is 28.5 Å². The molecule has 1 N–H and O–H groups in total. The van der Waals surface area contributed by atoms with Crippen LogP contribution in [0.3, 0.4) is 0 Å². The molecule has 2 amide bonds. The van der Waals surface area contributed by atoms with Gasteiger partial charge < -0.3 is 10.1 Å². The number of carbonyl (C=O) groups excluding carboxylic acids is 2. The number of fused-ring (bicyclic) bond motifs is 1. The van der Waals surface area contributed by atoms with Crippen LogP contribution in [0.4, 0.5) is 10.1 Å². The van der Waals surface area contributed by atoms with Crippen molar-refractivity contribution in [2.24, 2.45) is 0 Å². The molecule has 1 atom stereocenters. The van der Waals surface area contributed by atoms with E-state index >= 15 is 0 Å². The molecule has 0 radical (unpaired) electrons. The van der Waals surface area contributed by atoms with Crippen molar-refractivity contribution in [3.63, 3.8) is 0 Å². The molecule has 0 saturated carbocycles. The lowest BCUT2D eigenvalue weighted by Gasteiger charge is -2.31. The molecule has 174 valence electrons. The zero-order valence-corrected chi connectivity index (χ0v) is 18.5. The number of nitrogens with zero attached hydrogens (tertiary/aromatic N) is 5. The summed E-state index contributed by atoms with van der Waals surface area (Å²) < 4.78 is 21.4. The average Bonchev–Trinajstić information content (AvgIpc) is 3.26. The number of amides is 2. The Hall–Kier alpha value is -4.18. The number of aromatic nitrogens is 4. The molecule has 9 nitrogen and oxygen atoms in total. The molecular formula is C24H23FN6O3. The quantitative estimate of drug-likeness (QED) is 0.384. The number of hydrogen-bond donors (Lipinski definition) is 1. The van der Waals surface area contributed by atoms with Crippen molar-refractivity contribution in [1.82, 2.24) is 25.3 Å². The van der Waals surface area contributed by atoms with Crippen LogP contribution in [-0.2, 0) is 20.9 Å². The molecule has 34 heavy (non-hydrogen) atoms. The highest BCUT2D eigenvalue weighted by molar-refractivity contribution is 6.01. The van der Waals surface area contributed by atoms with Gasteiger partial charge in [0.15, 0.2) is 0 Å². The van der Waals surface area contributed by atoms with Crippen LogP contribution >= 0.6 is 0 Å². The van der Waals surface area contributed by atoms with E-state index in [9.17, 15) is 14.0 Å². The minimum absolute atomic E-state index is 0.0538. The van der Waals surface area contributed by atoms with Gasteiger partial charge in [0.05, 0.1) is 24.0 Å². The Morgan fingerprint density at radius 3 is 2.68 bits per heavy atom. The maximum atomic E-state index is 14.9. The van der Waals surface area contributed by atoms with E-state index in [1.807, 2.05) is 12.1 Å². The Morgan fingerprint density at radius 2 is 1.91 bits per heavy atom. The second-order valence-electron chi connectivity index (χ2n) is 7.42. The van der Waals surface area contributed by atoms with Gasteiger partial charge in [-0.3, -0.25) is 19.5 Å². The third-order valence-electron chi connectivity index (χ3n) is 5.21. The molecule has 2 aromatic carbocycles. The van der Waals surface area contributed by atoms with Crippen LogP contribution in [-0.4, -0.2) is 52.1 Å². The number of rotatable bonds is 9. The fraction of sp³-hybridized carbons (Fsp3) is 0.208. The lowest BCUT2D eigenvalue weighted by Crippen LogP contribution is -2.46. The lowest BCUT2D eigenvalue weighted by atomic mass is 10.0. The predicted octanol–water partition coefficient (Wildman–Crippen LogP) is 2.50. The molecule has 0 aliphatic rings. The first kappa shape index (κ1) is 23.0. The molecule has 0 bridgehead atoms. The second-order valence-corrected chi connectivity index (χ2v) is 7.42. The molecule has 2 heterocycles. The molecule has 0 spiro atoms. The predicted molar refractivity (Wildman–Crippen MR) is 123 cm³/mol. The zero-order valence-electron chi connectivity index (χ0n) is 18.5. The number of ether oxygens (including phenoxy) is 1. The van der Waals surface area contributed by atoms with Crippen LogP contribution in [0.5, 0.6) is 0 Å². The monoisotopic (exact) mass is 462 g/mol. The van der Waals surface area contributed by atoms with Crippen LogP contribution in [0.2, 0.25) is 0 Å². The van der Waals surface area contributed by atoms with E-state index in [1.54, 1.807) is 36.5 Å². The van der Waals surface area contributed by atoms with Gasteiger partial charge in [-0.05, 0) is 30.3 Å². The number of hydrogen-bond acceptors (Lipinski definition) is 6. The Kier molecular flexibility index (Phi) is 7.19. The van der Waals surface area contributed by atoms with E-state index < -0.39 is 23.7 Å². The average molecular weight is 462 g/mol. The van der Waals surface area contributed by atoms with E-state index in [2.05, 4.69) is 20.6 Å². The number of methoxy groups -OCH3 is 1. The van der Waals surface area contributed by atoms with E-state index in [0.29, 0.717) is 16.7 Å². The third kappa shape index (κ3) is 4.91. The molecule has 0 aliphatic carbocycles. The van der Waals surface area contributed by atoms with Gasteiger partial charge in [0.25, 0.3) is 0 Å². The second kappa shape index (κ2) is 10.6. The molecule has 0 fully saturated rings. The molecule has 4 aromatic rings. The van der Waals surface area contributed by atoms with Crippen molar-refractivity contribution in [2.75, 3.05) is 25.2 Å². The van der Waals surface area contributed by atoms with Crippen molar-refractivity contribution in [1.29, 1.82) is 0 Å². The largest absolute Gasteiger partial charge is 0.383 e. The lowest BCUT2D eigenvalue weighted by molar-refractivity contribution is -0.127. The van der Waals surface area contributed by atoms with Crippen molar-refractivity contribution < 1.29 is 18.7 Å². The van der Waals surface area contributed by atoms with Crippen LogP contribution in [0, 0.1) is 5.82 Å². The van der Waals surface area contributed by atoms with Crippen LogP contribution < -0.4 is 10.2 Å². The van der Waals surface area contributed by atoms with Gasteiger partial charge in [-0.1, -0.05) is 35.5 Å². The summed E-state index contributed by atoms with van der Waals surface area (Å²) >= 11 is 0. The van der Waals surface area contributed by atoms with Gasteiger partial charge in [-0.25, -0.2) is 9.07 Å². The molecule has 1 unspecified atom stereocenters. The van der Waals surface area contributed by atoms with E-state index in [4.69, 9.17) is 4.74 Å². The molecular weight excluding hydrogens is 439 g/mol. The topological polar surface area (TPSA) is 102 Å². The highest BCUT2D eigenvalue weighted by atomic mass is 19.1. The number of carbonyl (C=O) groups is 2. The molecule has 0 saturated heterocycles. The Bertz CT molecular complexity index is 1280. The molecule has 0 aliphatic heterocycles. The summed E-state index contributed by atoms with van der Waals surface area (Å²) in [6, 6.07) is 15.1. The highest BCUT2D eigenvalue weighted by Crippen LogP contribution is 2.29. The minimum Gasteiger partial charge on any atom is -0.383 e. The fourth-order valence-electron chi connectivity index (χ4n) is 3.64. The van der Waals surface area contributed by atoms with Gasteiger partial charge in [0, 0.05) is 25.4 Å². The summed E-state index contributed by atoms with van der Waals surface area (Å²) in [6.45, 7) is 0.246. The van der Waals surface area contributed by atoms with E-state index in [1.165, 1.54) is 41.1 Å². The summed E-state index contributed by atoms with van der Waals surface area (Å²) in [7, 11) is 1.51. The number of nitrogens with one attached hydrogen (secondary N) is 1. The van der Waals surface area contributed by atoms with Gasteiger partial charge in [-0.2, -0.15) is 0 Å². The van der Waals surface area contributed by atoms with Gasteiger partial charge in [0.1, 0.15) is 23.9 Å². The first-order valence-corrected chi connectivity index (χ1v) is 10.6. The molecule has 2 aromatic heterocycles. The maximum Gasteiger partial charge on any atom is 0.249 e. The molecule has 10 heteroatoms. The fourth-order valence-corrected chi connectivity index (χ4v) is 3.64. The zero-order chi connectivity index (χ0) is 23.9. The van der Waals surface area contributed by atoms with Crippen LogP contribution in [0.1, 0.15) is 11.6 Å². The minimum atomic E-state index is -1.29. The first-order valence-electron chi connectivity index (χ1n) is 10.6. The van der Waals surface area contributed by atoms with Crippen molar-refractivity contribution in [2.45, 2.75) is 12.6 Å². The SMILES string of the molecule is COCCNC(=O)C(c1ccccc1F)N(C(=O)Cn1nnc2ccccc21)c1cccnc1. The highest BCUT2D eigenvalue weighted by Gasteiger charge is 2.35. The first-order chi connectivity index (χ1) is 16.6. The Labute approximate surface area is 195 Å². The normalized spacial score (nSPS) is 11.8. The Morgan fingerprint density at radius 1 is 1.12 bits per heavy atom. The number of anilines is 1. The standard InChI is InChI=1S/C24H23FN6O3/c1-34-14-13-27-24(33)23(18-8-2-3-9-19(18)25)31(17-7-6-12-26-15-17)22(32)16-30-21-11-5-4-10-20(21)28-29-30/h2-12,15,23H,13-14,16H2,1H3,(H,27,33). The van der Waals surface area contributed by atoms with Crippen molar-refractivity contribution in [3.8, 4) is 0 Å². The number of halogens is 1. The summed E-state index contributed by atoms with van der Waals surface area (Å²) in [6.07, 6.45) is 3.00. The Balaban J connectivity index is 1.77. The summed E-state index contributed by atoms with van der Waals surface area (Å²) in [4.78, 5) is 32.4. The third-order valence-corrected chi connectivity index (χ3v) is 5.21. The summed E-state index contributed by atoms with van der Waals surface area (Å²) in [5.74, 6) is -1.65. The van der Waals surface area contributed by atoms with Gasteiger partial charge >= 0.3 is 0 Å². The van der Waals surface area contributed by atoms with E-state index in [-0.39, 0.29) is 25.3 Å². The number of benzene rings is 2. The van der Waals surface area contributed by atoms with Crippen LogP contribution in [0.25, 0.3) is 11.0 Å². The maximum absolute atomic E-state index is 14.9. The van der Waals surface area contributed by atoms with Gasteiger partial charge in [0.2, 0.25) is 11.8 Å².